The summed E-state index contributed by atoms with van der Waals surface area (Å²) in [5.74, 6) is 0.106. The molecule has 45 heavy (non-hydrogen) atoms. The third-order valence-electron chi connectivity index (χ3n) is 8.14. The molecule has 230 valence electrons. The number of nitriles is 1. The van der Waals surface area contributed by atoms with Crippen molar-refractivity contribution in [3.8, 4) is 29.1 Å². The first-order chi connectivity index (χ1) is 21.5. The Kier molecular flexibility index (Phi) is 7.66. The molecule has 0 aromatic heterocycles. The standard InChI is InChI=1S/C32H27N3O8S2/c1-30(18-33)17-32(45-29(39)43-22-12-8-5-9-13-22)27(37)34(3)31(2,44-28(38)42-21-10-6-4-7-11-21)26(36)35(32)25(30)20-14-15-23-24(16-20)41-19-40-23/h4-16,25H,17,19H2,1-3H3/t25?,30-,31+,32+/m1/s1. The van der Waals surface area contributed by atoms with Crippen molar-refractivity contribution >= 4 is 45.9 Å². The van der Waals surface area contributed by atoms with E-state index in [-0.39, 0.29) is 24.7 Å². The summed E-state index contributed by atoms with van der Waals surface area (Å²) < 4.78 is 22.0. The third kappa shape index (κ3) is 5.13. The number of ether oxygens (including phenoxy) is 4. The molecule has 6 rings (SSSR count). The SMILES string of the molecule is CN1C(=O)[C@@]2(SC(=O)Oc3ccccc3)C[C@](C)(C#N)C(c3ccc4c(c3)OCO4)N2C(=O)[C@]1(C)SC(=O)Oc1ccccc1. The maximum atomic E-state index is 14.8. The lowest BCUT2D eigenvalue weighted by molar-refractivity contribution is -0.163. The fraction of sp³-hybridized carbons (Fsp3) is 0.281. The lowest BCUT2D eigenvalue weighted by Crippen LogP contribution is -2.71. The molecule has 2 fully saturated rings. The van der Waals surface area contributed by atoms with Crippen molar-refractivity contribution in [1.82, 2.24) is 9.80 Å². The predicted octanol–water partition coefficient (Wildman–Crippen LogP) is 5.97. The fourth-order valence-corrected chi connectivity index (χ4v) is 8.07. The number of likely N-dealkylation sites (N-methyl/N-ethyl adjacent to an activating group) is 1. The summed E-state index contributed by atoms with van der Waals surface area (Å²) in [6, 6.07) is 23.0. The minimum Gasteiger partial charge on any atom is -0.454 e. The molecular formula is C32H27N3O8S2. The molecule has 2 saturated heterocycles. The number of thioether (sulfide) groups is 2. The van der Waals surface area contributed by atoms with Gasteiger partial charge in [0.1, 0.15) is 11.5 Å². The maximum Gasteiger partial charge on any atom is 0.375 e. The molecule has 2 amide bonds. The van der Waals surface area contributed by atoms with Crippen molar-refractivity contribution in [1.29, 1.82) is 5.26 Å². The van der Waals surface area contributed by atoms with Gasteiger partial charge in [-0.25, -0.2) is 9.59 Å². The Labute approximate surface area is 267 Å². The first-order valence-electron chi connectivity index (χ1n) is 13.9. The largest absolute Gasteiger partial charge is 0.454 e. The van der Waals surface area contributed by atoms with Gasteiger partial charge in [0.25, 0.3) is 11.8 Å². The predicted molar refractivity (Wildman–Crippen MR) is 165 cm³/mol. The van der Waals surface area contributed by atoms with Crippen LogP contribution in [0.3, 0.4) is 0 Å². The highest BCUT2D eigenvalue weighted by molar-refractivity contribution is 8.15. The summed E-state index contributed by atoms with van der Waals surface area (Å²) in [5.41, 5.74) is -0.868. The number of piperazine rings is 1. The molecule has 3 aromatic carbocycles. The van der Waals surface area contributed by atoms with E-state index in [1.807, 2.05) is 0 Å². The number of carbonyl (C=O) groups excluding carboxylic acids is 4. The number of amides is 2. The van der Waals surface area contributed by atoms with E-state index in [4.69, 9.17) is 18.9 Å². The lowest BCUT2D eigenvalue weighted by Gasteiger charge is -2.52. The molecule has 3 aliphatic heterocycles. The number of hydrogen-bond acceptors (Lipinski definition) is 11. The zero-order valence-electron chi connectivity index (χ0n) is 24.4. The molecule has 13 heteroatoms. The molecule has 4 atom stereocenters. The second kappa shape index (κ2) is 11.4. The van der Waals surface area contributed by atoms with E-state index in [1.54, 1.807) is 85.8 Å². The zero-order valence-corrected chi connectivity index (χ0v) is 26.1. The Balaban J connectivity index is 1.44. The molecular weight excluding hydrogens is 618 g/mol. The average Bonchev–Trinajstić information content (AvgIpc) is 3.60. The van der Waals surface area contributed by atoms with Gasteiger partial charge in [-0.2, -0.15) is 5.26 Å². The monoisotopic (exact) mass is 645 g/mol. The van der Waals surface area contributed by atoms with Crippen LogP contribution in [0.5, 0.6) is 23.0 Å². The van der Waals surface area contributed by atoms with Crippen LogP contribution in [0.25, 0.3) is 0 Å². The van der Waals surface area contributed by atoms with E-state index in [9.17, 15) is 24.4 Å². The first-order valence-corrected chi connectivity index (χ1v) is 15.5. The molecule has 0 saturated carbocycles. The highest BCUT2D eigenvalue weighted by Gasteiger charge is 2.72. The van der Waals surface area contributed by atoms with Crippen molar-refractivity contribution in [3.63, 3.8) is 0 Å². The number of rotatable bonds is 5. The van der Waals surface area contributed by atoms with Gasteiger partial charge in [0.05, 0.1) is 17.5 Å². The van der Waals surface area contributed by atoms with Crippen molar-refractivity contribution in [2.24, 2.45) is 5.41 Å². The van der Waals surface area contributed by atoms with Crippen LogP contribution in [0, 0.1) is 16.7 Å². The smallest absolute Gasteiger partial charge is 0.375 e. The van der Waals surface area contributed by atoms with E-state index in [0.717, 1.165) is 4.90 Å². The fourth-order valence-electron chi connectivity index (χ4n) is 5.91. The molecule has 1 unspecified atom stereocenters. The summed E-state index contributed by atoms with van der Waals surface area (Å²) in [4.78, 5) is 54.7. The van der Waals surface area contributed by atoms with Gasteiger partial charge < -0.3 is 28.7 Å². The maximum absolute atomic E-state index is 14.8. The summed E-state index contributed by atoms with van der Waals surface area (Å²) >= 11 is 1.06. The molecule has 0 N–H and O–H groups in total. The lowest BCUT2D eigenvalue weighted by atomic mass is 9.79. The van der Waals surface area contributed by atoms with Gasteiger partial charge >= 0.3 is 10.6 Å². The van der Waals surface area contributed by atoms with E-state index in [0.29, 0.717) is 40.6 Å². The van der Waals surface area contributed by atoms with Gasteiger partial charge in [0.15, 0.2) is 21.2 Å². The van der Waals surface area contributed by atoms with Crippen LogP contribution in [0.2, 0.25) is 0 Å². The minimum atomic E-state index is -1.88. The molecule has 0 radical (unpaired) electrons. The number of nitrogens with zero attached hydrogens (tertiary/aromatic N) is 3. The van der Waals surface area contributed by atoms with E-state index >= 15 is 0 Å². The van der Waals surface area contributed by atoms with Crippen LogP contribution in [-0.2, 0) is 9.59 Å². The van der Waals surface area contributed by atoms with Gasteiger partial charge in [-0.1, -0.05) is 42.5 Å². The van der Waals surface area contributed by atoms with Gasteiger partial charge in [-0.05, 0) is 79.3 Å². The third-order valence-corrected chi connectivity index (χ3v) is 10.3. The van der Waals surface area contributed by atoms with Crippen LogP contribution in [0.1, 0.15) is 31.9 Å². The van der Waals surface area contributed by atoms with Crippen molar-refractivity contribution in [2.75, 3.05) is 13.8 Å². The molecule has 3 aromatic rings. The van der Waals surface area contributed by atoms with Gasteiger partial charge in [0, 0.05) is 13.5 Å². The highest BCUT2D eigenvalue weighted by Crippen LogP contribution is 2.63. The normalized spacial score (nSPS) is 26.7. The number of fused-ring (bicyclic) bond motifs is 2. The van der Waals surface area contributed by atoms with Crippen molar-refractivity contribution in [3.05, 3.63) is 84.4 Å². The summed E-state index contributed by atoms with van der Waals surface area (Å²) in [5, 5.41) is 8.93. The quantitative estimate of drug-likeness (QED) is 0.304. The first kappa shape index (κ1) is 30.4. The van der Waals surface area contributed by atoms with E-state index < -0.39 is 43.6 Å². The number of hydrogen-bond donors (Lipinski definition) is 0. The van der Waals surface area contributed by atoms with Crippen LogP contribution < -0.4 is 18.9 Å². The Morgan fingerprint density at radius 3 is 2.04 bits per heavy atom. The Hall–Kier alpha value is -4.67. The van der Waals surface area contributed by atoms with Gasteiger partial charge in [0.2, 0.25) is 6.79 Å². The summed E-state index contributed by atoms with van der Waals surface area (Å²) in [7, 11) is 1.39. The number of carbonyl (C=O) groups is 4. The molecule has 3 aliphatic rings. The topological polar surface area (TPSA) is 135 Å². The Morgan fingerprint density at radius 2 is 1.44 bits per heavy atom. The van der Waals surface area contributed by atoms with Crippen molar-refractivity contribution < 1.29 is 38.1 Å². The number of benzene rings is 3. The van der Waals surface area contributed by atoms with Gasteiger partial charge in [-0.15, -0.1) is 0 Å². The van der Waals surface area contributed by atoms with E-state index in [2.05, 4.69) is 6.07 Å². The van der Waals surface area contributed by atoms with Crippen LogP contribution >= 0.6 is 23.5 Å². The van der Waals surface area contributed by atoms with Crippen LogP contribution in [0.4, 0.5) is 9.59 Å². The summed E-state index contributed by atoms with van der Waals surface area (Å²) in [6.45, 7) is 3.09. The Morgan fingerprint density at radius 1 is 0.867 bits per heavy atom. The zero-order chi connectivity index (χ0) is 32.0. The molecule has 11 nitrogen and oxygen atoms in total. The van der Waals surface area contributed by atoms with Crippen LogP contribution in [0.15, 0.2) is 78.9 Å². The Bertz CT molecular complexity index is 1740. The van der Waals surface area contributed by atoms with Crippen LogP contribution in [-0.4, -0.2) is 55.8 Å². The van der Waals surface area contributed by atoms with E-state index in [1.165, 1.54) is 18.9 Å². The number of para-hydroxylation sites is 2. The summed E-state index contributed by atoms with van der Waals surface area (Å²) in [6.07, 6.45) is -0.200. The second-order valence-corrected chi connectivity index (χ2v) is 13.6. The van der Waals surface area contributed by atoms with Crippen molar-refractivity contribution in [2.45, 2.75) is 36.1 Å². The second-order valence-electron chi connectivity index (χ2n) is 11.1. The molecule has 0 spiro atoms. The average molecular weight is 646 g/mol. The van der Waals surface area contributed by atoms with Gasteiger partial charge in [-0.3, -0.25) is 9.59 Å². The molecule has 0 aliphatic carbocycles. The highest BCUT2D eigenvalue weighted by atomic mass is 32.2. The molecule has 3 heterocycles. The molecule has 0 bridgehead atoms. The minimum absolute atomic E-state index is 0.00818.